The van der Waals surface area contributed by atoms with Crippen LogP contribution in [-0.2, 0) is 11.3 Å². The van der Waals surface area contributed by atoms with Gasteiger partial charge in [0.15, 0.2) is 6.61 Å². The van der Waals surface area contributed by atoms with Gasteiger partial charge in [-0.25, -0.2) is 0 Å². The molecule has 0 amide bonds. The predicted octanol–water partition coefficient (Wildman–Crippen LogP) is 4.17. The van der Waals surface area contributed by atoms with Gasteiger partial charge in [-0.05, 0) is 24.5 Å². The van der Waals surface area contributed by atoms with Crippen LogP contribution in [0.1, 0.15) is 30.7 Å². The number of rotatable bonds is 5. The molecule has 1 saturated heterocycles. The van der Waals surface area contributed by atoms with Gasteiger partial charge in [-0.15, -0.1) is 10.2 Å². The van der Waals surface area contributed by atoms with Gasteiger partial charge in [0.25, 0.3) is 5.89 Å². The normalized spacial score (nSPS) is 17.1. The molecule has 0 N–H and O–H groups in total. The molecule has 5 nitrogen and oxygen atoms in total. The molecule has 1 aromatic heterocycles. The van der Waals surface area contributed by atoms with Crippen LogP contribution in [0.5, 0.6) is 5.75 Å². The van der Waals surface area contributed by atoms with E-state index in [1.165, 1.54) is 0 Å². The highest BCUT2D eigenvalue weighted by Crippen LogP contribution is 2.31. The van der Waals surface area contributed by atoms with E-state index >= 15 is 0 Å². The predicted molar refractivity (Wildman–Crippen MR) is 88.4 cm³/mol. The van der Waals surface area contributed by atoms with Gasteiger partial charge < -0.3 is 13.9 Å². The Labute approximate surface area is 140 Å². The highest BCUT2D eigenvalue weighted by molar-refractivity contribution is 5.70. The van der Waals surface area contributed by atoms with Crippen LogP contribution >= 0.6 is 0 Å². The largest absolute Gasteiger partial charge is 0.483 e. The van der Waals surface area contributed by atoms with E-state index in [0.29, 0.717) is 11.8 Å². The molecule has 1 aliphatic heterocycles. The zero-order chi connectivity index (χ0) is 16.2. The maximum atomic E-state index is 5.92. The summed E-state index contributed by atoms with van der Waals surface area (Å²) >= 11 is 0. The Hall–Kier alpha value is -2.66. The van der Waals surface area contributed by atoms with E-state index in [-0.39, 0.29) is 12.7 Å². The number of para-hydroxylation sites is 1. The topological polar surface area (TPSA) is 57.4 Å². The van der Waals surface area contributed by atoms with Gasteiger partial charge in [0, 0.05) is 12.2 Å². The van der Waals surface area contributed by atoms with Gasteiger partial charge in [0.1, 0.15) is 11.9 Å². The van der Waals surface area contributed by atoms with Crippen molar-refractivity contribution >= 4 is 0 Å². The number of benzene rings is 2. The van der Waals surface area contributed by atoms with Crippen LogP contribution in [0.4, 0.5) is 0 Å². The van der Waals surface area contributed by atoms with Crippen molar-refractivity contribution in [3.05, 3.63) is 66.4 Å². The van der Waals surface area contributed by atoms with E-state index in [0.717, 1.165) is 36.3 Å². The first kappa shape index (κ1) is 14.9. The fourth-order valence-electron chi connectivity index (χ4n) is 2.82. The quantitative estimate of drug-likeness (QED) is 0.705. The summed E-state index contributed by atoms with van der Waals surface area (Å²) in [6.07, 6.45) is 1.89. The monoisotopic (exact) mass is 322 g/mol. The first-order valence-electron chi connectivity index (χ1n) is 8.11. The summed E-state index contributed by atoms with van der Waals surface area (Å²) < 4.78 is 17.1. The Morgan fingerprint density at radius 2 is 1.83 bits per heavy atom. The molecule has 24 heavy (non-hydrogen) atoms. The maximum Gasteiger partial charge on any atom is 0.254 e. The minimum Gasteiger partial charge on any atom is -0.483 e. The molecule has 0 spiro atoms. The van der Waals surface area contributed by atoms with Crippen molar-refractivity contribution in [1.82, 2.24) is 10.2 Å². The van der Waals surface area contributed by atoms with Crippen molar-refractivity contribution in [2.24, 2.45) is 0 Å². The second-order valence-corrected chi connectivity index (χ2v) is 5.69. The zero-order valence-electron chi connectivity index (χ0n) is 13.2. The number of hydrogen-bond donors (Lipinski definition) is 0. The molecule has 1 fully saturated rings. The SMILES string of the molecule is c1ccc(-c2ccccc2OCc2nnc([C@@H]3CCCO3)o2)cc1. The second-order valence-electron chi connectivity index (χ2n) is 5.69. The van der Waals surface area contributed by atoms with Crippen LogP contribution in [0.2, 0.25) is 0 Å². The van der Waals surface area contributed by atoms with Gasteiger partial charge >= 0.3 is 0 Å². The summed E-state index contributed by atoms with van der Waals surface area (Å²) in [6.45, 7) is 0.993. The molecule has 1 aliphatic rings. The van der Waals surface area contributed by atoms with Gasteiger partial charge in [-0.2, -0.15) is 0 Å². The standard InChI is InChI=1S/C19H18N2O3/c1-2-7-14(8-3-1)15-9-4-5-10-16(15)23-13-18-20-21-19(24-18)17-11-6-12-22-17/h1-5,7-10,17H,6,11-13H2/t17-/m0/s1. The molecule has 0 radical (unpaired) electrons. The molecule has 3 aromatic rings. The Kier molecular flexibility index (Phi) is 4.25. The minimum atomic E-state index is -0.0668. The number of nitrogens with zero attached hydrogens (tertiary/aromatic N) is 2. The van der Waals surface area contributed by atoms with Crippen molar-refractivity contribution in [2.75, 3.05) is 6.61 Å². The van der Waals surface area contributed by atoms with E-state index in [1.807, 2.05) is 42.5 Å². The molecule has 0 aliphatic carbocycles. The third kappa shape index (κ3) is 3.16. The van der Waals surface area contributed by atoms with Crippen molar-refractivity contribution < 1.29 is 13.9 Å². The zero-order valence-corrected chi connectivity index (χ0v) is 13.2. The van der Waals surface area contributed by atoms with Gasteiger partial charge in [0.2, 0.25) is 5.89 Å². The fraction of sp³-hybridized carbons (Fsp3) is 0.263. The van der Waals surface area contributed by atoms with Crippen molar-refractivity contribution in [1.29, 1.82) is 0 Å². The lowest BCUT2D eigenvalue weighted by Gasteiger charge is -2.10. The average molecular weight is 322 g/mol. The van der Waals surface area contributed by atoms with Crippen molar-refractivity contribution in [2.45, 2.75) is 25.6 Å². The Morgan fingerprint density at radius 1 is 1.00 bits per heavy atom. The molecule has 0 saturated carbocycles. The summed E-state index contributed by atoms with van der Waals surface area (Å²) in [6, 6.07) is 18.1. The molecule has 1 atom stereocenters. The summed E-state index contributed by atoms with van der Waals surface area (Å²) in [7, 11) is 0. The summed E-state index contributed by atoms with van der Waals surface area (Å²) in [5, 5.41) is 8.13. The molecule has 122 valence electrons. The van der Waals surface area contributed by atoms with Crippen molar-refractivity contribution in [3.63, 3.8) is 0 Å². The van der Waals surface area contributed by atoms with Crippen LogP contribution < -0.4 is 4.74 Å². The minimum absolute atomic E-state index is 0.0668. The van der Waals surface area contributed by atoms with E-state index < -0.39 is 0 Å². The van der Waals surface area contributed by atoms with Gasteiger partial charge in [-0.1, -0.05) is 48.5 Å². The number of aromatic nitrogens is 2. The summed E-state index contributed by atoms with van der Waals surface area (Å²) in [5.74, 6) is 1.80. The van der Waals surface area contributed by atoms with Crippen molar-refractivity contribution in [3.8, 4) is 16.9 Å². The van der Waals surface area contributed by atoms with E-state index in [4.69, 9.17) is 13.9 Å². The van der Waals surface area contributed by atoms with Gasteiger partial charge in [-0.3, -0.25) is 0 Å². The molecule has 5 heteroatoms. The smallest absolute Gasteiger partial charge is 0.254 e. The third-order valence-electron chi connectivity index (χ3n) is 4.01. The molecule has 0 unspecified atom stereocenters. The Morgan fingerprint density at radius 3 is 2.67 bits per heavy atom. The van der Waals surface area contributed by atoms with Crippen LogP contribution in [0.3, 0.4) is 0 Å². The molecule has 0 bridgehead atoms. The van der Waals surface area contributed by atoms with Crippen LogP contribution in [0.25, 0.3) is 11.1 Å². The fourth-order valence-corrected chi connectivity index (χ4v) is 2.82. The maximum absolute atomic E-state index is 5.92. The number of hydrogen-bond acceptors (Lipinski definition) is 5. The van der Waals surface area contributed by atoms with Crippen LogP contribution in [0.15, 0.2) is 59.0 Å². The lowest BCUT2D eigenvalue weighted by molar-refractivity contribution is 0.0867. The second kappa shape index (κ2) is 6.84. The lowest BCUT2D eigenvalue weighted by Crippen LogP contribution is -1.97. The highest BCUT2D eigenvalue weighted by atomic mass is 16.5. The molecule has 2 heterocycles. The van der Waals surface area contributed by atoms with E-state index in [1.54, 1.807) is 0 Å². The summed E-state index contributed by atoms with van der Waals surface area (Å²) in [4.78, 5) is 0. The van der Waals surface area contributed by atoms with Crippen LogP contribution in [0, 0.1) is 0 Å². The molecule has 2 aromatic carbocycles. The molecular formula is C19H18N2O3. The molecule has 4 rings (SSSR count). The molecular weight excluding hydrogens is 304 g/mol. The van der Waals surface area contributed by atoms with Crippen LogP contribution in [-0.4, -0.2) is 16.8 Å². The van der Waals surface area contributed by atoms with Gasteiger partial charge in [0.05, 0.1) is 0 Å². The first-order chi connectivity index (χ1) is 11.9. The Bertz CT molecular complexity index is 795. The Balaban J connectivity index is 1.48. The highest BCUT2D eigenvalue weighted by Gasteiger charge is 2.23. The van der Waals surface area contributed by atoms with E-state index in [2.05, 4.69) is 22.3 Å². The summed E-state index contributed by atoms with van der Waals surface area (Å²) in [5.41, 5.74) is 2.15. The van der Waals surface area contributed by atoms with E-state index in [9.17, 15) is 0 Å². The lowest BCUT2D eigenvalue weighted by atomic mass is 10.1. The third-order valence-corrected chi connectivity index (χ3v) is 4.01. The number of ether oxygens (including phenoxy) is 2. The average Bonchev–Trinajstić information content (AvgIpc) is 3.32. The first-order valence-corrected chi connectivity index (χ1v) is 8.11.